The molecule has 3 aromatic carbocycles. The summed E-state index contributed by atoms with van der Waals surface area (Å²) in [4.78, 5) is 77.4. The fraction of sp³-hybridized carbons (Fsp3) is 0.316. The van der Waals surface area contributed by atoms with E-state index in [0.717, 1.165) is 27.7 Å². The van der Waals surface area contributed by atoms with E-state index < -0.39 is 24.2 Å². The molecular formula is C57H58F2N12O9. The summed E-state index contributed by atoms with van der Waals surface area (Å²) in [6.07, 6.45) is 1.71. The van der Waals surface area contributed by atoms with Crippen molar-refractivity contribution in [2.75, 3.05) is 59.1 Å². The monoisotopic (exact) mass is 1090 g/mol. The normalized spacial score (nSPS) is 17.7. The number of fused-ring (bicyclic) bond motifs is 3. The van der Waals surface area contributed by atoms with Gasteiger partial charge >= 0.3 is 18.3 Å². The highest BCUT2D eigenvalue weighted by molar-refractivity contribution is 5.72. The standard InChI is InChI=1S/C20H21FN4O3.C19H20N4O3.C18H17FN4O3/c1-13(21)15-6-4-14(5-7-15)12-28-20(26)25-9-10-27-17(11-25)19-23-16-3-2-8-22-18(16)24-19;1-13-4-6-14(7-5-13)12-26-19(24)23-9-10-25-16(11-23)18-21-15-3-2-8-20-17(15)22-18;19-13-5-2-1-4-12(13)11-26-18(24)23-8-9-25-15(10-23)17-21-14-6-3-7-20-16(14)22-17/h2-8,13,17H,9-12H2,1H3,(H,22,23,24);2-8,16H,9-12H2,1H3,(H,20,21,22);1-7,15H,8-11H2,(H,20,21,22)/t13?,17-;16-;15-/m000/s1. The fourth-order valence-electron chi connectivity index (χ4n) is 8.87. The molecule has 80 heavy (non-hydrogen) atoms. The van der Waals surface area contributed by atoms with E-state index in [1.807, 2.05) is 67.6 Å². The first kappa shape index (κ1) is 54.4. The topological polar surface area (TPSA) is 241 Å². The van der Waals surface area contributed by atoms with E-state index >= 15 is 0 Å². The lowest BCUT2D eigenvalue weighted by Gasteiger charge is -2.31. The summed E-state index contributed by atoms with van der Waals surface area (Å²) in [6.45, 7) is 7.40. The Hall–Kier alpha value is -8.93. The maximum Gasteiger partial charge on any atom is 0.410 e. The van der Waals surface area contributed by atoms with E-state index in [1.165, 1.54) is 23.5 Å². The Morgan fingerprint density at radius 3 is 1.32 bits per heavy atom. The minimum Gasteiger partial charge on any atom is -0.445 e. The molecule has 0 spiro atoms. The Bertz CT molecular complexity index is 3430. The molecule has 3 N–H and O–H groups in total. The van der Waals surface area contributed by atoms with E-state index in [0.29, 0.717) is 105 Å². The molecule has 21 nitrogen and oxygen atoms in total. The SMILES string of the molecule is CC(F)c1ccc(COC(=O)N2CCO[C@H](c3nc4ncccc4[nH]3)C2)cc1.Cc1ccc(COC(=O)N2CCO[C@H](c3nc4ncccc4[nH]3)C2)cc1.O=C(OCc1ccccc1F)N1CCO[C@H](c2nc3ncccc3[nH]2)C1. The molecule has 3 aliphatic rings. The number of rotatable bonds is 10. The Morgan fingerprint density at radius 2 is 0.938 bits per heavy atom. The molecule has 3 amide bonds. The minimum absolute atomic E-state index is 0.109. The molecule has 0 radical (unpaired) electrons. The van der Waals surface area contributed by atoms with Gasteiger partial charge in [0.15, 0.2) is 16.9 Å². The average molecular weight is 1090 g/mol. The van der Waals surface area contributed by atoms with Gasteiger partial charge in [-0.15, -0.1) is 0 Å². The Kier molecular flexibility index (Phi) is 17.5. The summed E-state index contributed by atoms with van der Waals surface area (Å²) in [7, 11) is 0. The molecule has 6 aromatic heterocycles. The lowest BCUT2D eigenvalue weighted by atomic mass is 10.1. The second kappa shape index (κ2) is 25.7. The van der Waals surface area contributed by atoms with Crippen LogP contribution < -0.4 is 0 Å². The molecule has 0 bridgehead atoms. The van der Waals surface area contributed by atoms with Crippen LogP contribution in [0.1, 0.15) is 76.7 Å². The summed E-state index contributed by atoms with van der Waals surface area (Å²) < 4.78 is 60.2. The zero-order valence-corrected chi connectivity index (χ0v) is 43.9. The quantitative estimate of drug-likeness (QED) is 0.108. The molecule has 0 aliphatic carbocycles. The van der Waals surface area contributed by atoms with Gasteiger partial charge in [-0.2, -0.15) is 0 Å². The van der Waals surface area contributed by atoms with Gasteiger partial charge < -0.3 is 58.1 Å². The van der Waals surface area contributed by atoms with E-state index in [9.17, 15) is 23.2 Å². The first-order valence-electron chi connectivity index (χ1n) is 26.0. The Morgan fingerprint density at radius 1 is 0.550 bits per heavy atom. The second-order valence-corrected chi connectivity index (χ2v) is 19.0. The highest BCUT2D eigenvalue weighted by Gasteiger charge is 2.31. The number of hydrogen-bond donors (Lipinski definition) is 3. The number of morpholine rings is 3. The molecule has 3 fully saturated rings. The number of aromatic nitrogens is 9. The van der Waals surface area contributed by atoms with Crippen LogP contribution in [0.25, 0.3) is 33.5 Å². The summed E-state index contributed by atoms with van der Waals surface area (Å²) in [5, 5.41) is 0. The van der Waals surface area contributed by atoms with Crippen LogP contribution in [0.2, 0.25) is 0 Å². The lowest BCUT2D eigenvalue weighted by Crippen LogP contribution is -2.42. The molecule has 3 saturated heterocycles. The van der Waals surface area contributed by atoms with Gasteiger partial charge in [0.25, 0.3) is 0 Å². The summed E-state index contributed by atoms with van der Waals surface area (Å²) in [6, 6.07) is 32.3. The van der Waals surface area contributed by atoms with Crippen molar-refractivity contribution >= 4 is 51.8 Å². The summed E-state index contributed by atoms with van der Waals surface area (Å²) >= 11 is 0. The van der Waals surface area contributed by atoms with Crippen LogP contribution >= 0.6 is 0 Å². The highest BCUT2D eigenvalue weighted by atomic mass is 19.1. The van der Waals surface area contributed by atoms with Crippen molar-refractivity contribution in [2.45, 2.75) is 58.2 Å². The number of halogens is 2. The zero-order valence-electron chi connectivity index (χ0n) is 43.9. The Balaban J connectivity index is 0.000000135. The molecule has 9 heterocycles. The number of pyridine rings is 3. The van der Waals surface area contributed by atoms with Crippen molar-refractivity contribution in [1.29, 1.82) is 0 Å². The van der Waals surface area contributed by atoms with Crippen LogP contribution in [0.5, 0.6) is 0 Å². The first-order chi connectivity index (χ1) is 39.0. The number of alkyl halides is 1. The van der Waals surface area contributed by atoms with Gasteiger partial charge in [0.2, 0.25) is 0 Å². The van der Waals surface area contributed by atoms with E-state index in [-0.39, 0.29) is 44.2 Å². The van der Waals surface area contributed by atoms with Gasteiger partial charge in [0.05, 0.1) is 56.0 Å². The third-order valence-corrected chi connectivity index (χ3v) is 13.3. The van der Waals surface area contributed by atoms with Crippen molar-refractivity contribution in [2.24, 2.45) is 0 Å². The van der Waals surface area contributed by atoms with Gasteiger partial charge in [-0.05, 0) is 73.0 Å². The third kappa shape index (κ3) is 13.8. The molecule has 3 aliphatic heterocycles. The van der Waals surface area contributed by atoms with E-state index in [1.54, 1.807) is 70.9 Å². The van der Waals surface area contributed by atoms with E-state index in [4.69, 9.17) is 28.4 Å². The predicted molar refractivity (Wildman–Crippen MR) is 287 cm³/mol. The number of aromatic amines is 3. The van der Waals surface area contributed by atoms with Crippen molar-refractivity contribution in [3.63, 3.8) is 0 Å². The first-order valence-corrected chi connectivity index (χ1v) is 26.0. The van der Waals surface area contributed by atoms with Crippen molar-refractivity contribution in [3.8, 4) is 0 Å². The van der Waals surface area contributed by atoms with Crippen LogP contribution in [0, 0.1) is 12.7 Å². The number of hydrogen-bond acceptors (Lipinski definition) is 15. The van der Waals surface area contributed by atoms with Crippen LogP contribution in [-0.4, -0.2) is 137 Å². The molecule has 12 rings (SSSR count). The summed E-state index contributed by atoms with van der Waals surface area (Å²) in [5.74, 6) is 1.54. The van der Waals surface area contributed by atoms with Gasteiger partial charge in [0.1, 0.15) is 67.6 Å². The largest absolute Gasteiger partial charge is 0.445 e. The zero-order chi connectivity index (χ0) is 55.4. The van der Waals surface area contributed by atoms with Gasteiger partial charge in [0, 0.05) is 43.8 Å². The maximum atomic E-state index is 13.6. The molecule has 0 saturated carbocycles. The minimum atomic E-state index is -1.02. The van der Waals surface area contributed by atoms with Crippen LogP contribution in [0.3, 0.4) is 0 Å². The second-order valence-electron chi connectivity index (χ2n) is 19.0. The number of ether oxygens (including phenoxy) is 6. The molecule has 1 unspecified atom stereocenters. The number of nitrogens with one attached hydrogen (secondary N) is 3. The molecular weight excluding hydrogens is 1030 g/mol. The molecule has 9 aromatic rings. The number of nitrogens with zero attached hydrogens (tertiary/aromatic N) is 9. The van der Waals surface area contributed by atoms with Crippen molar-refractivity contribution in [3.05, 3.63) is 179 Å². The van der Waals surface area contributed by atoms with Crippen molar-refractivity contribution < 1.29 is 51.6 Å². The molecule has 23 heteroatoms. The number of carbonyl (C=O) groups is 3. The van der Waals surface area contributed by atoms with Crippen LogP contribution in [0.15, 0.2) is 128 Å². The van der Waals surface area contributed by atoms with Crippen LogP contribution in [-0.2, 0) is 48.2 Å². The lowest BCUT2D eigenvalue weighted by molar-refractivity contribution is -0.0331. The predicted octanol–water partition coefficient (Wildman–Crippen LogP) is 9.48. The smallest absolute Gasteiger partial charge is 0.410 e. The third-order valence-electron chi connectivity index (χ3n) is 13.3. The average Bonchev–Trinajstić information content (AvgIpc) is 4.29. The Labute approximate surface area is 457 Å². The van der Waals surface area contributed by atoms with Gasteiger partial charge in [-0.1, -0.05) is 72.3 Å². The molecule has 414 valence electrons. The van der Waals surface area contributed by atoms with Gasteiger partial charge in [-0.3, -0.25) is 0 Å². The number of amides is 3. The van der Waals surface area contributed by atoms with Crippen molar-refractivity contribution in [1.82, 2.24) is 59.6 Å². The summed E-state index contributed by atoms with van der Waals surface area (Å²) in [5.41, 5.74) is 8.25. The number of aryl methyl sites for hydroxylation is 1. The highest BCUT2D eigenvalue weighted by Crippen LogP contribution is 2.26. The number of carbonyl (C=O) groups excluding carboxylic acids is 3. The molecule has 4 atom stereocenters. The van der Waals surface area contributed by atoms with Crippen LogP contribution in [0.4, 0.5) is 23.2 Å². The van der Waals surface area contributed by atoms with Gasteiger partial charge in [-0.25, -0.2) is 53.1 Å². The van der Waals surface area contributed by atoms with E-state index in [2.05, 4.69) is 44.9 Å². The fourth-order valence-corrected chi connectivity index (χ4v) is 8.87. The number of H-pyrrole nitrogens is 3. The maximum absolute atomic E-state index is 13.6. The number of imidazole rings is 3. The number of benzene rings is 3.